The van der Waals surface area contributed by atoms with Crippen molar-refractivity contribution in [3.63, 3.8) is 0 Å². The standard InChI is InChI=1S/C29H27F5N2O5/c1-2-3-22(17-4-6-19(7-5-17)27(39)35-15-14-25(37)38)26(18-8-11-21(12-9-18)41-29(32,33)34)28(40)36-24-13-10-20(30)16-23(24)31/h4-13,16,22,26H,2-3,14-15H2,1H3,(H,35,39)(H,36,40)(H,37,38)/t22-,26+/m1/s1. The highest BCUT2D eigenvalue weighted by atomic mass is 19.4. The summed E-state index contributed by atoms with van der Waals surface area (Å²) >= 11 is 0. The van der Waals surface area contributed by atoms with Crippen LogP contribution in [0.3, 0.4) is 0 Å². The number of aliphatic carboxylic acids is 1. The molecule has 0 bridgehead atoms. The van der Waals surface area contributed by atoms with Crippen molar-refractivity contribution >= 4 is 23.5 Å². The highest BCUT2D eigenvalue weighted by Crippen LogP contribution is 2.39. The van der Waals surface area contributed by atoms with Crippen molar-refractivity contribution in [3.05, 3.63) is 95.1 Å². The number of rotatable bonds is 12. The molecule has 2 atom stereocenters. The molecule has 0 aliphatic rings. The van der Waals surface area contributed by atoms with Gasteiger partial charge in [-0.1, -0.05) is 37.6 Å². The van der Waals surface area contributed by atoms with Crippen LogP contribution in [0.4, 0.5) is 27.6 Å². The van der Waals surface area contributed by atoms with Crippen molar-refractivity contribution in [3.8, 4) is 5.75 Å². The van der Waals surface area contributed by atoms with Gasteiger partial charge < -0.3 is 20.5 Å². The molecule has 0 aliphatic carbocycles. The third-order valence-electron chi connectivity index (χ3n) is 6.17. The van der Waals surface area contributed by atoms with E-state index in [0.717, 1.165) is 24.3 Å². The molecule has 218 valence electrons. The van der Waals surface area contributed by atoms with Gasteiger partial charge in [-0.25, -0.2) is 8.78 Å². The van der Waals surface area contributed by atoms with Crippen LogP contribution in [0, 0.1) is 11.6 Å². The van der Waals surface area contributed by atoms with E-state index in [1.165, 1.54) is 24.3 Å². The number of carboxylic acids is 1. The van der Waals surface area contributed by atoms with Gasteiger partial charge in [-0.3, -0.25) is 14.4 Å². The number of carbonyl (C=O) groups excluding carboxylic acids is 2. The summed E-state index contributed by atoms with van der Waals surface area (Å²) in [6.07, 6.45) is -4.15. The van der Waals surface area contributed by atoms with E-state index in [4.69, 9.17) is 5.11 Å². The number of hydrogen-bond acceptors (Lipinski definition) is 4. The van der Waals surface area contributed by atoms with Crippen LogP contribution in [0.5, 0.6) is 5.75 Å². The van der Waals surface area contributed by atoms with Gasteiger partial charge in [0.25, 0.3) is 5.91 Å². The summed E-state index contributed by atoms with van der Waals surface area (Å²) in [5.74, 6) is -6.18. The van der Waals surface area contributed by atoms with Crippen molar-refractivity contribution in [2.45, 2.75) is 44.4 Å². The number of carbonyl (C=O) groups is 3. The first kappa shape index (κ1) is 31.1. The molecule has 0 radical (unpaired) electrons. The van der Waals surface area contributed by atoms with Crippen molar-refractivity contribution in [2.24, 2.45) is 0 Å². The van der Waals surface area contributed by atoms with Crippen LogP contribution in [0.25, 0.3) is 0 Å². The number of amides is 2. The van der Waals surface area contributed by atoms with E-state index in [9.17, 15) is 36.3 Å². The molecule has 3 N–H and O–H groups in total. The molecule has 0 heterocycles. The minimum atomic E-state index is -4.91. The number of halogens is 5. The van der Waals surface area contributed by atoms with Gasteiger partial charge in [-0.15, -0.1) is 13.2 Å². The molecule has 0 aliphatic heterocycles. The maximum Gasteiger partial charge on any atom is 0.573 e. The minimum absolute atomic E-state index is 0.0649. The molecule has 3 aromatic carbocycles. The SMILES string of the molecule is CCC[C@H](c1ccc(C(=O)NCCC(=O)O)cc1)[C@@H](C(=O)Nc1ccc(F)cc1F)c1ccc(OC(F)(F)F)cc1. The molecule has 0 unspecified atom stereocenters. The van der Waals surface area contributed by atoms with Gasteiger partial charge in [-0.2, -0.15) is 0 Å². The predicted octanol–water partition coefficient (Wildman–Crippen LogP) is 6.37. The highest BCUT2D eigenvalue weighted by molar-refractivity contribution is 5.97. The lowest BCUT2D eigenvalue weighted by Crippen LogP contribution is -2.28. The number of nitrogens with one attached hydrogen (secondary N) is 2. The normalized spacial score (nSPS) is 12.7. The molecule has 0 fully saturated rings. The van der Waals surface area contributed by atoms with Crippen molar-refractivity contribution < 1.29 is 46.2 Å². The van der Waals surface area contributed by atoms with E-state index in [0.29, 0.717) is 30.0 Å². The van der Waals surface area contributed by atoms with Gasteiger partial charge in [0.05, 0.1) is 18.0 Å². The third-order valence-corrected chi connectivity index (χ3v) is 6.17. The molecule has 3 rings (SSSR count). The Kier molecular flexibility index (Phi) is 10.4. The average molecular weight is 579 g/mol. The third kappa shape index (κ3) is 9.02. The Morgan fingerprint density at radius 3 is 2.12 bits per heavy atom. The number of benzene rings is 3. The lowest BCUT2D eigenvalue weighted by molar-refractivity contribution is -0.274. The Labute approximate surface area is 232 Å². The first-order valence-electron chi connectivity index (χ1n) is 12.6. The first-order valence-corrected chi connectivity index (χ1v) is 12.6. The molecule has 0 spiro atoms. The number of hydrogen-bond donors (Lipinski definition) is 3. The first-order chi connectivity index (χ1) is 19.4. The maximum atomic E-state index is 14.4. The second-order valence-corrected chi connectivity index (χ2v) is 9.12. The summed E-state index contributed by atoms with van der Waals surface area (Å²) in [6.45, 7) is 1.80. The van der Waals surface area contributed by atoms with Crippen molar-refractivity contribution in [2.75, 3.05) is 11.9 Å². The monoisotopic (exact) mass is 578 g/mol. The molecule has 7 nitrogen and oxygen atoms in total. The lowest BCUT2D eigenvalue weighted by Gasteiger charge is -2.28. The zero-order valence-electron chi connectivity index (χ0n) is 21.8. The number of alkyl halides is 3. The summed E-state index contributed by atoms with van der Waals surface area (Å²) in [4.78, 5) is 36.7. The maximum absolute atomic E-state index is 14.4. The fraction of sp³-hybridized carbons (Fsp3) is 0.276. The molecule has 0 saturated heterocycles. The minimum Gasteiger partial charge on any atom is -0.481 e. The number of anilines is 1. The van der Waals surface area contributed by atoms with E-state index < -0.39 is 53.4 Å². The molecular formula is C29H27F5N2O5. The predicted molar refractivity (Wildman–Crippen MR) is 140 cm³/mol. The summed E-state index contributed by atoms with van der Waals surface area (Å²) in [5, 5.41) is 13.7. The van der Waals surface area contributed by atoms with E-state index in [-0.39, 0.29) is 24.2 Å². The quantitative estimate of drug-likeness (QED) is 0.217. The van der Waals surface area contributed by atoms with Crippen LogP contribution < -0.4 is 15.4 Å². The van der Waals surface area contributed by atoms with Crippen molar-refractivity contribution in [1.29, 1.82) is 0 Å². The van der Waals surface area contributed by atoms with E-state index in [1.807, 2.05) is 6.92 Å². The lowest BCUT2D eigenvalue weighted by atomic mass is 9.78. The van der Waals surface area contributed by atoms with Crippen LogP contribution in [-0.2, 0) is 9.59 Å². The van der Waals surface area contributed by atoms with Crippen LogP contribution in [-0.4, -0.2) is 35.8 Å². The smallest absolute Gasteiger partial charge is 0.481 e. The zero-order chi connectivity index (χ0) is 30.2. The Morgan fingerprint density at radius 2 is 1.56 bits per heavy atom. The molecule has 3 aromatic rings. The fourth-order valence-corrected chi connectivity index (χ4v) is 4.35. The summed E-state index contributed by atoms with van der Waals surface area (Å²) in [6, 6.07) is 13.6. The largest absolute Gasteiger partial charge is 0.573 e. The van der Waals surface area contributed by atoms with Gasteiger partial charge in [0.15, 0.2) is 0 Å². The topological polar surface area (TPSA) is 105 Å². The molecule has 0 aromatic heterocycles. The number of ether oxygens (including phenoxy) is 1. The Balaban J connectivity index is 1.96. The molecule has 0 saturated carbocycles. The van der Waals surface area contributed by atoms with Crippen LogP contribution in [0.1, 0.15) is 59.5 Å². The fourth-order valence-electron chi connectivity index (χ4n) is 4.35. The van der Waals surface area contributed by atoms with Gasteiger partial charge in [-0.05, 0) is 59.9 Å². The van der Waals surface area contributed by atoms with E-state index in [2.05, 4.69) is 15.4 Å². The van der Waals surface area contributed by atoms with E-state index in [1.54, 1.807) is 12.1 Å². The molecule has 41 heavy (non-hydrogen) atoms. The van der Waals surface area contributed by atoms with Crippen molar-refractivity contribution in [1.82, 2.24) is 5.32 Å². The highest BCUT2D eigenvalue weighted by Gasteiger charge is 2.33. The van der Waals surface area contributed by atoms with Gasteiger partial charge in [0.2, 0.25) is 5.91 Å². The van der Waals surface area contributed by atoms with Gasteiger partial charge in [0, 0.05) is 18.2 Å². The Hall–Kier alpha value is -4.48. The van der Waals surface area contributed by atoms with Gasteiger partial charge in [0.1, 0.15) is 17.4 Å². The van der Waals surface area contributed by atoms with E-state index >= 15 is 0 Å². The van der Waals surface area contributed by atoms with Gasteiger partial charge >= 0.3 is 12.3 Å². The van der Waals surface area contributed by atoms with Crippen LogP contribution in [0.15, 0.2) is 66.7 Å². The molecule has 2 amide bonds. The second-order valence-electron chi connectivity index (χ2n) is 9.12. The van der Waals surface area contributed by atoms with Crippen LogP contribution in [0.2, 0.25) is 0 Å². The zero-order valence-corrected chi connectivity index (χ0v) is 21.8. The van der Waals surface area contributed by atoms with Crippen LogP contribution >= 0.6 is 0 Å². The summed E-state index contributed by atoms with van der Waals surface area (Å²) in [5.41, 5.74) is 0.900. The average Bonchev–Trinajstić information content (AvgIpc) is 2.90. The Morgan fingerprint density at radius 1 is 0.927 bits per heavy atom. The molecule has 12 heteroatoms. The molecular weight excluding hydrogens is 551 g/mol. The summed E-state index contributed by atoms with van der Waals surface area (Å²) in [7, 11) is 0. The summed E-state index contributed by atoms with van der Waals surface area (Å²) < 4.78 is 69.7. The Bertz CT molecular complexity index is 1360. The second kappa shape index (κ2) is 13.7. The number of carboxylic acid groups (broad SMARTS) is 1.